The number of methoxy groups -OCH3 is 2. The van der Waals surface area contributed by atoms with Crippen LogP contribution in [-0.4, -0.2) is 44.8 Å². The maximum Gasteiger partial charge on any atom is 0.449 e. The van der Waals surface area contributed by atoms with Gasteiger partial charge in [-0.1, -0.05) is 0 Å². The second-order valence-electron chi connectivity index (χ2n) is 5.47. The quantitative estimate of drug-likeness (QED) is 0.482. The van der Waals surface area contributed by atoms with Crippen LogP contribution < -0.4 is 4.18 Å². The van der Waals surface area contributed by atoms with Gasteiger partial charge in [-0.2, -0.15) is 34.8 Å². The van der Waals surface area contributed by atoms with Crippen molar-refractivity contribution in [3.63, 3.8) is 0 Å². The Morgan fingerprint density at radius 2 is 1.37 bits per heavy atom. The molecule has 0 atom stereocenters. The van der Waals surface area contributed by atoms with Crippen LogP contribution in [0.15, 0.2) is 12.1 Å². The van der Waals surface area contributed by atoms with Gasteiger partial charge < -0.3 is 18.8 Å². The van der Waals surface area contributed by atoms with Gasteiger partial charge in [0.1, 0.15) is 11.5 Å². The molecule has 0 aromatic heterocycles. The number of phenols is 1. The van der Waals surface area contributed by atoms with Crippen molar-refractivity contribution in [1.82, 2.24) is 0 Å². The Kier molecular flexibility index (Phi) is 6.66. The van der Waals surface area contributed by atoms with Crippen LogP contribution in [-0.2, 0) is 32.8 Å². The first-order valence-corrected chi connectivity index (χ1v) is 8.43. The fraction of sp³-hybridized carbons (Fsp3) is 0.571. The Labute approximate surface area is 150 Å². The fourth-order valence-corrected chi connectivity index (χ4v) is 2.85. The van der Waals surface area contributed by atoms with E-state index in [1.54, 1.807) is 0 Å². The Morgan fingerprint density at radius 3 is 1.70 bits per heavy atom. The van der Waals surface area contributed by atoms with E-state index in [-0.39, 0.29) is 24.3 Å². The Balaban J connectivity index is 3.41. The number of ether oxygens (including phenoxy) is 2. The number of aromatic hydroxyl groups is 1. The predicted octanol–water partition coefficient (Wildman–Crippen LogP) is 3.28. The first-order valence-electron chi connectivity index (χ1n) is 7.02. The third kappa shape index (κ3) is 4.41. The van der Waals surface area contributed by atoms with E-state index in [1.165, 1.54) is 14.2 Å². The summed E-state index contributed by atoms with van der Waals surface area (Å²) < 4.78 is 116. The summed E-state index contributed by atoms with van der Waals surface area (Å²) in [5.74, 6) is -13.0. The third-order valence-corrected chi connectivity index (χ3v) is 4.57. The lowest BCUT2D eigenvalue weighted by atomic mass is 10.1. The van der Waals surface area contributed by atoms with Crippen LogP contribution in [0.3, 0.4) is 0 Å². The van der Waals surface area contributed by atoms with Gasteiger partial charge in [0, 0.05) is 32.3 Å². The molecule has 0 aliphatic rings. The van der Waals surface area contributed by atoms with E-state index < -0.39 is 45.6 Å². The van der Waals surface area contributed by atoms with Crippen molar-refractivity contribution in [3.05, 3.63) is 23.3 Å². The van der Waals surface area contributed by atoms with Gasteiger partial charge >= 0.3 is 27.2 Å². The number of rotatable bonds is 9. The van der Waals surface area contributed by atoms with Crippen LogP contribution in [0.2, 0.25) is 0 Å². The summed E-state index contributed by atoms with van der Waals surface area (Å²) in [4.78, 5) is 0. The van der Waals surface area contributed by atoms with E-state index in [9.17, 15) is 39.9 Å². The number of benzene rings is 1. The summed E-state index contributed by atoms with van der Waals surface area (Å²) >= 11 is 0. The van der Waals surface area contributed by atoms with E-state index >= 15 is 0 Å². The standard InChI is InChI=1S/C14H16F6O6S/c1-12(15,16)13(17,18)14(19,20)27(22,23)26-10-4-8(6-24-2)11(21)9(5-10)7-25-3/h4-5,21H,6-7H2,1-3H3. The minimum atomic E-state index is -6.56. The third-order valence-electron chi connectivity index (χ3n) is 3.28. The summed E-state index contributed by atoms with van der Waals surface area (Å²) in [6.07, 6.45) is 0. The molecular weight excluding hydrogens is 410 g/mol. The van der Waals surface area contributed by atoms with Gasteiger partial charge in [-0.15, -0.1) is 0 Å². The largest absolute Gasteiger partial charge is 0.507 e. The van der Waals surface area contributed by atoms with Gasteiger partial charge in [0.25, 0.3) is 0 Å². The average molecular weight is 426 g/mol. The van der Waals surface area contributed by atoms with Gasteiger partial charge in [-0.25, -0.2) is 0 Å². The first-order chi connectivity index (χ1) is 12.1. The highest BCUT2D eigenvalue weighted by atomic mass is 32.2. The van der Waals surface area contributed by atoms with Crippen LogP contribution >= 0.6 is 0 Å². The lowest BCUT2D eigenvalue weighted by Crippen LogP contribution is -2.57. The lowest BCUT2D eigenvalue weighted by molar-refractivity contribution is -0.272. The van der Waals surface area contributed by atoms with Crippen molar-refractivity contribution in [2.45, 2.75) is 37.2 Å². The van der Waals surface area contributed by atoms with Crippen LogP contribution in [0, 0.1) is 0 Å². The zero-order valence-corrected chi connectivity index (χ0v) is 15.0. The van der Waals surface area contributed by atoms with Gasteiger partial charge in [-0.05, 0) is 12.1 Å². The molecule has 0 saturated carbocycles. The highest BCUT2D eigenvalue weighted by molar-refractivity contribution is 7.88. The molecule has 0 unspecified atom stereocenters. The van der Waals surface area contributed by atoms with Crippen molar-refractivity contribution < 1.29 is 53.5 Å². The van der Waals surface area contributed by atoms with Crippen LogP contribution in [0.5, 0.6) is 11.5 Å². The first kappa shape index (κ1) is 23.3. The van der Waals surface area contributed by atoms with Crippen molar-refractivity contribution in [1.29, 1.82) is 0 Å². The minimum absolute atomic E-state index is 0.145. The molecule has 0 radical (unpaired) electrons. The Morgan fingerprint density at radius 1 is 0.963 bits per heavy atom. The SMILES string of the molecule is COCc1cc(OS(=O)(=O)C(F)(F)C(F)(F)C(C)(F)F)cc(COC)c1O. The normalized spacial score (nSPS) is 13.7. The summed E-state index contributed by atoms with van der Waals surface area (Å²) in [6, 6.07) is 1.43. The molecule has 0 bridgehead atoms. The van der Waals surface area contributed by atoms with Gasteiger partial charge in [0.05, 0.1) is 13.2 Å². The summed E-state index contributed by atoms with van der Waals surface area (Å²) in [7, 11) is -4.17. The molecule has 1 N–H and O–H groups in total. The Hall–Kier alpha value is -1.73. The molecule has 1 aromatic carbocycles. The topological polar surface area (TPSA) is 82.1 Å². The van der Waals surface area contributed by atoms with Crippen molar-refractivity contribution in [2.75, 3.05) is 14.2 Å². The van der Waals surface area contributed by atoms with Crippen LogP contribution in [0.25, 0.3) is 0 Å². The molecule has 1 aromatic rings. The molecule has 0 heterocycles. The molecule has 0 aliphatic carbocycles. The lowest BCUT2D eigenvalue weighted by Gasteiger charge is -2.29. The average Bonchev–Trinajstić information content (AvgIpc) is 2.50. The fourth-order valence-electron chi connectivity index (χ4n) is 1.90. The second-order valence-corrected chi connectivity index (χ2v) is 7.06. The molecule has 6 nitrogen and oxygen atoms in total. The summed E-state index contributed by atoms with van der Waals surface area (Å²) in [5.41, 5.74) is -0.290. The molecular formula is C14H16F6O6S. The van der Waals surface area contributed by atoms with Crippen LogP contribution in [0.1, 0.15) is 18.1 Å². The molecule has 0 fully saturated rings. The monoisotopic (exact) mass is 426 g/mol. The summed E-state index contributed by atoms with van der Waals surface area (Å²) in [6.45, 7) is -1.22. The molecule has 27 heavy (non-hydrogen) atoms. The minimum Gasteiger partial charge on any atom is -0.507 e. The van der Waals surface area contributed by atoms with Crippen LogP contribution in [0.4, 0.5) is 26.3 Å². The number of hydrogen-bond donors (Lipinski definition) is 1. The number of hydrogen-bond acceptors (Lipinski definition) is 6. The highest BCUT2D eigenvalue weighted by Gasteiger charge is 2.76. The number of phenolic OH excluding ortho intramolecular Hbond substituents is 1. The molecule has 0 spiro atoms. The summed E-state index contributed by atoms with van der Waals surface area (Å²) in [5, 5.41) is 3.69. The highest BCUT2D eigenvalue weighted by Crippen LogP contribution is 2.48. The molecule has 1 rings (SSSR count). The van der Waals surface area contributed by atoms with Gasteiger partial charge in [-0.3, -0.25) is 0 Å². The van der Waals surface area contributed by atoms with Crippen molar-refractivity contribution in [2.24, 2.45) is 0 Å². The molecule has 13 heteroatoms. The van der Waals surface area contributed by atoms with Gasteiger partial charge in [0.15, 0.2) is 0 Å². The Bertz CT molecular complexity index is 748. The van der Waals surface area contributed by atoms with E-state index in [1.807, 2.05) is 0 Å². The second kappa shape index (κ2) is 7.72. The molecule has 0 amide bonds. The molecule has 0 aliphatic heterocycles. The van der Waals surface area contributed by atoms with Gasteiger partial charge in [0.2, 0.25) is 0 Å². The number of halogens is 6. The van der Waals surface area contributed by atoms with E-state index in [2.05, 4.69) is 4.18 Å². The smallest absolute Gasteiger partial charge is 0.449 e. The maximum atomic E-state index is 13.7. The van der Waals surface area contributed by atoms with E-state index in [0.29, 0.717) is 12.1 Å². The molecule has 0 saturated heterocycles. The number of alkyl halides is 6. The molecule has 156 valence electrons. The maximum absolute atomic E-state index is 13.7. The van der Waals surface area contributed by atoms with Crippen molar-refractivity contribution >= 4 is 10.1 Å². The van der Waals surface area contributed by atoms with E-state index in [4.69, 9.17) is 9.47 Å². The predicted molar refractivity (Wildman–Crippen MR) is 79.6 cm³/mol. The van der Waals surface area contributed by atoms with Crippen molar-refractivity contribution in [3.8, 4) is 11.5 Å². The zero-order chi connectivity index (χ0) is 21.3. The van der Waals surface area contributed by atoms with E-state index in [0.717, 1.165) is 0 Å². The zero-order valence-electron chi connectivity index (χ0n) is 14.2.